The summed E-state index contributed by atoms with van der Waals surface area (Å²) in [6.07, 6.45) is 2.04. The van der Waals surface area contributed by atoms with Crippen molar-refractivity contribution in [1.82, 2.24) is 20.5 Å². The van der Waals surface area contributed by atoms with Crippen LogP contribution in [-0.2, 0) is 11.2 Å². The van der Waals surface area contributed by atoms with Crippen LogP contribution in [-0.4, -0.2) is 69.3 Å². The van der Waals surface area contributed by atoms with Gasteiger partial charge in [0.05, 0.1) is 22.1 Å². The first kappa shape index (κ1) is 26.3. The number of hydrogen-bond donors (Lipinski definition) is 2. The van der Waals surface area contributed by atoms with Crippen LogP contribution in [0.4, 0.5) is 0 Å². The molecule has 9 heteroatoms. The Morgan fingerprint density at radius 3 is 2.79 bits per heavy atom. The number of thiazole rings is 1. The summed E-state index contributed by atoms with van der Waals surface area (Å²) in [5, 5.41) is 10.0. The van der Waals surface area contributed by atoms with E-state index in [1.54, 1.807) is 18.4 Å². The minimum absolute atomic E-state index is 0. The first-order valence-electron chi connectivity index (χ1n) is 9.83. The zero-order valence-corrected chi connectivity index (χ0v) is 21.8. The predicted molar refractivity (Wildman–Crippen MR) is 137 cm³/mol. The third kappa shape index (κ3) is 10.2. The molecule has 29 heavy (non-hydrogen) atoms. The summed E-state index contributed by atoms with van der Waals surface area (Å²) >= 11 is 3.52. The number of nitrogens with one attached hydrogen (secondary N) is 2. The number of hydrogen-bond acceptors (Lipinski definition) is 6. The van der Waals surface area contributed by atoms with E-state index >= 15 is 0 Å². The van der Waals surface area contributed by atoms with Gasteiger partial charge in [-0.1, -0.05) is 0 Å². The second kappa shape index (κ2) is 15.1. The minimum Gasteiger partial charge on any atom is -0.385 e. The lowest BCUT2D eigenvalue weighted by molar-refractivity contribution is 0.180. The van der Waals surface area contributed by atoms with Crippen LogP contribution in [0.1, 0.15) is 23.2 Å². The third-order valence-corrected chi connectivity index (χ3v) is 6.12. The van der Waals surface area contributed by atoms with Crippen molar-refractivity contribution in [2.75, 3.05) is 53.5 Å². The molecule has 6 nitrogen and oxygen atoms in total. The summed E-state index contributed by atoms with van der Waals surface area (Å²) in [7, 11) is 3.87. The molecule has 0 aliphatic carbocycles. The SMILES string of the molecule is CCNC(=NCCN(C)CCCOC)NCCc1ccc(-c2csc(C)n2)s1.I. The Kier molecular flexibility index (Phi) is 13.7. The largest absolute Gasteiger partial charge is 0.385 e. The molecule has 2 aromatic rings. The highest BCUT2D eigenvalue weighted by Gasteiger charge is 2.06. The molecular weight excluding hydrogens is 517 g/mol. The maximum absolute atomic E-state index is 5.10. The highest BCUT2D eigenvalue weighted by Crippen LogP contribution is 2.29. The van der Waals surface area contributed by atoms with Crippen molar-refractivity contribution in [2.24, 2.45) is 4.99 Å². The number of thiophene rings is 1. The van der Waals surface area contributed by atoms with Crippen LogP contribution in [0, 0.1) is 6.92 Å². The quantitative estimate of drug-likeness (QED) is 0.182. The topological polar surface area (TPSA) is 61.8 Å². The fourth-order valence-corrected chi connectivity index (χ4v) is 4.35. The van der Waals surface area contributed by atoms with E-state index in [9.17, 15) is 0 Å². The lowest BCUT2D eigenvalue weighted by Gasteiger charge is -2.16. The number of guanidine groups is 1. The van der Waals surface area contributed by atoms with Crippen LogP contribution in [0.2, 0.25) is 0 Å². The van der Waals surface area contributed by atoms with Crippen molar-refractivity contribution in [3.63, 3.8) is 0 Å². The Balaban J connectivity index is 0.00000420. The smallest absolute Gasteiger partial charge is 0.191 e. The number of aromatic nitrogens is 1. The van der Waals surface area contributed by atoms with Crippen molar-refractivity contribution in [2.45, 2.75) is 26.7 Å². The molecule has 0 spiro atoms. The Labute approximate surface area is 200 Å². The van der Waals surface area contributed by atoms with Gasteiger partial charge in [-0.3, -0.25) is 4.99 Å². The van der Waals surface area contributed by atoms with Crippen molar-refractivity contribution in [3.8, 4) is 10.6 Å². The zero-order valence-electron chi connectivity index (χ0n) is 17.9. The van der Waals surface area contributed by atoms with E-state index < -0.39 is 0 Å². The van der Waals surface area contributed by atoms with Crippen molar-refractivity contribution in [3.05, 3.63) is 27.4 Å². The number of likely N-dealkylation sites (N-methyl/N-ethyl adjacent to an activating group) is 1. The van der Waals surface area contributed by atoms with Crippen molar-refractivity contribution < 1.29 is 4.74 Å². The van der Waals surface area contributed by atoms with Crippen LogP contribution in [0.5, 0.6) is 0 Å². The Hall–Kier alpha value is -0.750. The minimum atomic E-state index is 0. The van der Waals surface area contributed by atoms with Crippen molar-refractivity contribution >= 4 is 52.6 Å². The number of halogens is 1. The van der Waals surface area contributed by atoms with Gasteiger partial charge in [0.15, 0.2) is 5.96 Å². The zero-order chi connectivity index (χ0) is 20.2. The van der Waals surface area contributed by atoms with Crippen molar-refractivity contribution in [1.29, 1.82) is 0 Å². The van der Waals surface area contributed by atoms with E-state index in [1.165, 1.54) is 9.75 Å². The lowest BCUT2D eigenvalue weighted by Crippen LogP contribution is -2.38. The van der Waals surface area contributed by atoms with Crippen LogP contribution in [0.15, 0.2) is 22.5 Å². The van der Waals surface area contributed by atoms with E-state index in [2.05, 4.69) is 57.0 Å². The molecule has 164 valence electrons. The molecule has 2 N–H and O–H groups in total. The van der Waals surface area contributed by atoms with E-state index in [-0.39, 0.29) is 24.0 Å². The average Bonchev–Trinajstić information content (AvgIpc) is 3.31. The number of ether oxygens (including phenoxy) is 1. The van der Waals surface area contributed by atoms with Gasteiger partial charge in [0.25, 0.3) is 0 Å². The van der Waals surface area contributed by atoms with Gasteiger partial charge in [0.1, 0.15) is 0 Å². The summed E-state index contributed by atoms with van der Waals surface area (Å²) in [5.41, 5.74) is 1.09. The van der Waals surface area contributed by atoms with Gasteiger partial charge >= 0.3 is 0 Å². The first-order valence-corrected chi connectivity index (χ1v) is 11.5. The van der Waals surface area contributed by atoms with Gasteiger partial charge in [-0.2, -0.15) is 0 Å². The van der Waals surface area contributed by atoms with E-state index in [0.717, 1.165) is 68.8 Å². The normalized spacial score (nSPS) is 11.6. The molecule has 0 saturated heterocycles. The van der Waals surface area contributed by atoms with E-state index in [1.807, 2.05) is 18.3 Å². The number of nitrogens with zero attached hydrogens (tertiary/aromatic N) is 3. The molecule has 0 aliphatic rings. The maximum Gasteiger partial charge on any atom is 0.191 e. The number of aliphatic imine (C=N–C) groups is 1. The predicted octanol–water partition coefficient (Wildman–Crippen LogP) is 3.86. The lowest BCUT2D eigenvalue weighted by atomic mass is 10.3. The molecule has 0 saturated carbocycles. The fourth-order valence-electron chi connectivity index (χ4n) is 2.70. The number of aryl methyl sites for hydroxylation is 1. The molecule has 0 amide bonds. The molecule has 0 radical (unpaired) electrons. The molecule has 0 aliphatic heterocycles. The standard InChI is InChI=1S/C20H33N5OS2.HI/c1-5-21-20(23-11-13-25(3)12-6-14-26-4)22-10-9-17-7-8-19(28-17)18-15-27-16(2)24-18;/h7-8,15H,5-6,9-14H2,1-4H3,(H2,21,22,23);1H. The Morgan fingerprint density at radius 2 is 2.10 bits per heavy atom. The first-order chi connectivity index (χ1) is 13.6. The van der Waals surface area contributed by atoms with Gasteiger partial charge < -0.3 is 20.3 Å². The second-order valence-electron chi connectivity index (χ2n) is 6.60. The molecule has 2 rings (SSSR count). The summed E-state index contributed by atoms with van der Waals surface area (Å²) < 4.78 is 5.10. The van der Waals surface area contributed by atoms with Gasteiger partial charge in [0, 0.05) is 50.2 Å². The average molecular weight is 552 g/mol. The fraction of sp³-hybridized carbons (Fsp3) is 0.600. The third-order valence-electron chi connectivity index (χ3n) is 4.18. The molecule has 0 aromatic carbocycles. The van der Waals surface area contributed by atoms with E-state index in [0.29, 0.717) is 0 Å². The van der Waals surface area contributed by atoms with Crippen LogP contribution < -0.4 is 10.6 Å². The number of methoxy groups -OCH3 is 1. The van der Waals surface area contributed by atoms with Crippen LogP contribution in [0.3, 0.4) is 0 Å². The van der Waals surface area contributed by atoms with Gasteiger partial charge in [-0.25, -0.2) is 4.98 Å². The van der Waals surface area contributed by atoms with E-state index in [4.69, 9.17) is 4.74 Å². The van der Waals surface area contributed by atoms with Crippen LogP contribution in [0.25, 0.3) is 10.6 Å². The van der Waals surface area contributed by atoms with Gasteiger partial charge in [-0.15, -0.1) is 46.7 Å². The highest BCUT2D eigenvalue weighted by molar-refractivity contribution is 14.0. The molecular formula is C20H34IN5OS2. The summed E-state index contributed by atoms with van der Waals surface area (Å²) in [6, 6.07) is 4.38. The molecule has 2 heterocycles. The molecule has 0 fully saturated rings. The molecule has 0 unspecified atom stereocenters. The molecule has 0 bridgehead atoms. The highest BCUT2D eigenvalue weighted by atomic mass is 127. The summed E-state index contributed by atoms with van der Waals surface area (Å²) in [4.78, 5) is 14.2. The maximum atomic E-state index is 5.10. The molecule has 0 atom stereocenters. The van der Waals surface area contributed by atoms with Gasteiger partial charge in [-0.05, 0) is 45.9 Å². The van der Waals surface area contributed by atoms with Gasteiger partial charge in [0.2, 0.25) is 0 Å². The Bertz CT molecular complexity index is 719. The monoisotopic (exact) mass is 551 g/mol. The summed E-state index contributed by atoms with van der Waals surface area (Å²) in [6.45, 7) is 9.44. The second-order valence-corrected chi connectivity index (χ2v) is 8.84. The Morgan fingerprint density at radius 1 is 1.28 bits per heavy atom. The number of rotatable bonds is 12. The molecule has 2 aromatic heterocycles. The van der Waals surface area contributed by atoms with Crippen LogP contribution >= 0.6 is 46.7 Å². The summed E-state index contributed by atoms with van der Waals surface area (Å²) in [5.74, 6) is 0.889.